The minimum absolute atomic E-state index is 0.151. The summed E-state index contributed by atoms with van der Waals surface area (Å²) in [6.45, 7) is 7.99. The monoisotopic (exact) mass is 234 g/mol. The fourth-order valence-electron chi connectivity index (χ4n) is 1.14. The highest BCUT2D eigenvalue weighted by molar-refractivity contribution is 5.86. The van der Waals surface area contributed by atoms with E-state index in [-0.39, 0.29) is 11.9 Å². The first-order chi connectivity index (χ1) is 8.09. The topological polar surface area (TPSA) is 35.5 Å². The van der Waals surface area contributed by atoms with Crippen molar-refractivity contribution in [2.24, 2.45) is 5.92 Å². The Morgan fingerprint density at radius 1 is 1.29 bits per heavy atom. The van der Waals surface area contributed by atoms with Crippen LogP contribution in [0.2, 0.25) is 0 Å². The molecule has 1 unspecified atom stereocenters. The van der Waals surface area contributed by atoms with E-state index in [9.17, 15) is 4.79 Å². The molecule has 0 aliphatic rings. The molecule has 0 N–H and O–H groups in total. The zero-order valence-electron chi connectivity index (χ0n) is 10.3. The second-order valence-corrected chi connectivity index (χ2v) is 4.11. The molecule has 0 heterocycles. The molecule has 0 fully saturated rings. The van der Waals surface area contributed by atoms with Crippen molar-refractivity contribution in [2.45, 2.75) is 13.8 Å². The molecule has 0 spiro atoms. The molecule has 0 radical (unpaired) electrons. The lowest BCUT2D eigenvalue weighted by atomic mass is 10.2. The highest BCUT2D eigenvalue weighted by Crippen LogP contribution is 2.10. The summed E-state index contributed by atoms with van der Waals surface area (Å²) in [6.07, 6.45) is 0. The van der Waals surface area contributed by atoms with Gasteiger partial charge in [-0.05, 0) is 19.1 Å². The molecule has 1 atom stereocenters. The second-order valence-electron chi connectivity index (χ2n) is 4.11. The van der Waals surface area contributed by atoms with E-state index in [4.69, 9.17) is 9.47 Å². The van der Waals surface area contributed by atoms with Gasteiger partial charge in [-0.1, -0.05) is 31.7 Å². The third-order valence-corrected chi connectivity index (χ3v) is 2.13. The number of hydrogen-bond acceptors (Lipinski definition) is 3. The van der Waals surface area contributed by atoms with Crippen LogP contribution in [0.1, 0.15) is 13.8 Å². The van der Waals surface area contributed by atoms with Crippen molar-refractivity contribution in [3.63, 3.8) is 0 Å². The number of esters is 1. The van der Waals surface area contributed by atoms with Gasteiger partial charge in [-0.25, -0.2) is 4.79 Å². The van der Waals surface area contributed by atoms with Crippen LogP contribution in [0.25, 0.3) is 0 Å². The third-order valence-electron chi connectivity index (χ3n) is 2.13. The normalized spacial score (nSPS) is 11.6. The fraction of sp³-hybridized carbons (Fsp3) is 0.357. The fourth-order valence-corrected chi connectivity index (χ4v) is 1.14. The molecule has 17 heavy (non-hydrogen) atoms. The summed E-state index contributed by atoms with van der Waals surface area (Å²) in [5.74, 6) is 0.626. The van der Waals surface area contributed by atoms with Gasteiger partial charge in [-0.15, -0.1) is 0 Å². The van der Waals surface area contributed by atoms with Gasteiger partial charge in [0.1, 0.15) is 5.75 Å². The van der Waals surface area contributed by atoms with Gasteiger partial charge in [-0.2, -0.15) is 0 Å². The molecule has 0 bridgehead atoms. The van der Waals surface area contributed by atoms with Crippen molar-refractivity contribution in [1.82, 2.24) is 0 Å². The largest absolute Gasteiger partial charge is 0.493 e. The highest BCUT2D eigenvalue weighted by atomic mass is 16.5. The average molecular weight is 234 g/mol. The molecule has 0 aliphatic carbocycles. The molecule has 0 saturated carbocycles. The molecule has 1 aromatic carbocycles. The Kier molecular flexibility index (Phi) is 5.27. The summed E-state index contributed by atoms with van der Waals surface area (Å²) in [5.41, 5.74) is 0.418. The molecule has 1 aromatic rings. The Morgan fingerprint density at radius 2 is 1.94 bits per heavy atom. The molecule has 3 heteroatoms. The number of benzene rings is 1. The number of carbonyl (C=O) groups excluding carboxylic acids is 1. The van der Waals surface area contributed by atoms with Crippen molar-refractivity contribution in [3.05, 3.63) is 42.5 Å². The third kappa shape index (κ3) is 5.20. The van der Waals surface area contributed by atoms with E-state index in [1.54, 1.807) is 6.92 Å². The number of carbonyl (C=O) groups is 1. The lowest BCUT2D eigenvalue weighted by Crippen LogP contribution is -2.17. The van der Waals surface area contributed by atoms with Crippen LogP contribution in [0.3, 0.4) is 0 Å². The van der Waals surface area contributed by atoms with Gasteiger partial charge in [0.25, 0.3) is 0 Å². The minimum atomic E-state index is -0.350. The summed E-state index contributed by atoms with van der Waals surface area (Å²) in [7, 11) is 0. The van der Waals surface area contributed by atoms with E-state index in [2.05, 4.69) is 6.58 Å². The van der Waals surface area contributed by atoms with Gasteiger partial charge in [0, 0.05) is 11.5 Å². The van der Waals surface area contributed by atoms with Crippen LogP contribution < -0.4 is 4.74 Å². The summed E-state index contributed by atoms with van der Waals surface area (Å²) in [4.78, 5) is 11.2. The van der Waals surface area contributed by atoms with Crippen molar-refractivity contribution in [3.8, 4) is 5.75 Å². The number of rotatable bonds is 6. The van der Waals surface area contributed by atoms with Crippen molar-refractivity contribution in [2.75, 3.05) is 13.2 Å². The zero-order chi connectivity index (χ0) is 12.7. The smallest absolute Gasteiger partial charge is 0.333 e. The maximum Gasteiger partial charge on any atom is 0.333 e. The second kappa shape index (κ2) is 6.74. The van der Waals surface area contributed by atoms with Gasteiger partial charge in [-0.3, -0.25) is 0 Å². The van der Waals surface area contributed by atoms with Crippen molar-refractivity contribution < 1.29 is 14.3 Å². The van der Waals surface area contributed by atoms with Crippen LogP contribution in [0.4, 0.5) is 0 Å². The summed E-state index contributed by atoms with van der Waals surface area (Å²) in [6, 6.07) is 9.56. The Labute approximate surface area is 102 Å². The molecule has 3 nitrogen and oxygen atoms in total. The van der Waals surface area contributed by atoms with Gasteiger partial charge in [0.15, 0.2) is 0 Å². The van der Waals surface area contributed by atoms with Gasteiger partial charge in [0.05, 0.1) is 13.2 Å². The minimum Gasteiger partial charge on any atom is -0.493 e. The van der Waals surface area contributed by atoms with Gasteiger partial charge < -0.3 is 9.47 Å². The summed E-state index contributed by atoms with van der Waals surface area (Å²) in [5, 5.41) is 0. The van der Waals surface area contributed by atoms with E-state index in [0.717, 1.165) is 5.75 Å². The molecule has 0 saturated heterocycles. The zero-order valence-corrected chi connectivity index (χ0v) is 10.3. The van der Waals surface area contributed by atoms with Crippen molar-refractivity contribution in [1.29, 1.82) is 0 Å². The summed E-state index contributed by atoms with van der Waals surface area (Å²) >= 11 is 0. The van der Waals surface area contributed by atoms with E-state index in [0.29, 0.717) is 18.8 Å². The Hall–Kier alpha value is -1.77. The Balaban J connectivity index is 2.24. The predicted molar refractivity (Wildman–Crippen MR) is 66.9 cm³/mol. The lowest BCUT2D eigenvalue weighted by Gasteiger charge is -2.13. The standard InChI is InChI=1S/C14H18O3/c1-11(2)14(15)17-10-12(3)9-16-13-7-5-4-6-8-13/h4-8,12H,1,9-10H2,2-3H3. The maximum atomic E-state index is 11.2. The molecular weight excluding hydrogens is 216 g/mol. The molecular formula is C14H18O3. The Morgan fingerprint density at radius 3 is 2.53 bits per heavy atom. The molecule has 0 aromatic heterocycles. The quantitative estimate of drug-likeness (QED) is 0.561. The van der Waals surface area contributed by atoms with Gasteiger partial charge >= 0.3 is 5.97 Å². The molecule has 0 aliphatic heterocycles. The Bertz CT molecular complexity index is 370. The first-order valence-corrected chi connectivity index (χ1v) is 5.60. The first-order valence-electron chi connectivity index (χ1n) is 5.60. The van der Waals surface area contributed by atoms with E-state index in [1.165, 1.54) is 0 Å². The van der Waals surface area contributed by atoms with Crippen LogP contribution in [0.15, 0.2) is 42.5 Å². The van der Waals surface area contributed by atoms with E-state index >= 15 is 0 Å². The van der Waals surface area contributed by atoms with Crippen molar-refractivity contribution >= 4 is 5.97 Å². The van der Waals surface area contributed by atoms with E-state index < -0.39 is 0 Å². The predicted octanol–water partition coefficient (Wildman–Crippen LogP) is 2.82. The molecule has 1 rings (SSSR count). The molecule has 0 amide bonds. The number of ether oxygens (including phenoxy) is 2. The highest BCUT2D eigenvalue weighted by Gasteiger charge is 2.08. The SMILES string of the molecule is C=C(C)C(=O)OCC(C)COc1ccccc1. The average Bonchev–Trinajstić information content (AvgIpc) is 2.34. The van der Waals surface area contributed by atoms with Crippen LogP contribution >= 0.6 is 0 Å². The van der Waals surface area contributed by atoms with Crippen LogP contribution in [-0.4, -0.2) is 19.2 Å². The van der Waals surface area contributed by atoms with Gasteiger partial charge in [0.2, 0.25) is 0 Å². The van der Waals surface area contributed by atoms with E-state index in [1.807, 2.05) is 37.3 Å². The number of hydrogen-bond donors (Lipinski definition) is 0. The first kappa shape index (κ1) is 13.3. The van der Waals surface area contributed by atoms with Crippen LogP contribution in [0, 0.1) is 5.92 Å². The number of para-hydroxylation sites is 1. The van der Waals surface area contributed by atoms with Crippen LogP contribution in [0.5, 0.6) is 5.75 Å². The van der Waals surface area contributed by atoms with Crippen LogP contribution in [-0.2, 0) is 9.53 Å². The lowest BCUT2D eigenvalue weighted by molar-refractivity contribution is -0.140. The maximum absolute atomic E-state index is 11.2. The summed E-state index contributed by atoms with van der Waals surface area (Å²) < 4.78 is 10.6. The molecule has 92 valence electrons.